The zero-order valence-electron chi connectivity index (χ0n) is 7.28. The number of oxime groups is 1. The summed E-state index contributed by atoms with van der Waals surface area (Å²) in [5.41, 5.74) is 0.697. The van der Waals surface area contributed by atoms with Crippen molar-refractivity contribution < 1.29 is 5.21 Å². The molecular formula is C9H15NO. The summed E-state index contributed by atoms with van der Waals surface area (Å²) in [6, 6.07) is 0. The first-order valence-electron chi connectivity index (χ1n) is 3.73. The molecule has 0 fully saturated rings. The van der Waals surface area contributed by atoms with E-state index in [4.69, 9.17) is 5.21 Å². The Labute approximate surface area is 67.9 Å². The molecule has 0 saturated heterocycles. The molecule has 0 aromatic carbocycles. The molecular weight excluding hydrogens is 138 g/mol. The van der Waals surface area contributed by atoms with Gasteiger partial charge in [0, 0.05) is 0 Å². The third-order valence-electron chi connectivity index (χ3n) is 1.28. The first-order chi connectivity index (χ1) is 5.22. The molecule has 0 rings (SSSR count). The third-order valence-corrected chi connectivity index (χ3v) is 1.28. The molecule has 0 saturated carbocycles. The van der Waals surface area contributed by atoms with Gasteiger partial charge in [-0.05, 0) is 18.9 Å². The van der Waals surface area contributed by atoms with Gasteiger partial charge in [0.1, 0.15) is 0 Å². The monoisotopic (exact) mass is 153 g/mol. The van der Waals surface area contributed by atoms with Gasteiger partial charge in [-0.2, -0.15) is 0 Å². The Hall–Kier alpha value is -1.05. The molecule has 0 aliphatic heterocycles. The molecule has 2 nitrogen and oxygen atoms in total. The maximum Gasteiger partial charge on any atom is 0.0821 e. The Morgan fingerprint density at radius 3 is 2.36 bits per heavy atom. The van der Waals surface area contributed by atoms with Crippen LogP contribution in [0.15, 0.2) is 29.5 Å². The van der Waals surface area contributed by atoms with Gasteiger partial charge in [0.05, 0.1) is 5.71 Å². The molecule has 0 amide bonds. The molecule has 0 aromatic rings. The fraction of sp³-hybridized carbons (Fsp3) is 0.444. The second-order valence-corrected chi connectivity index (χ2v) is 2.56. The van der Waals surface area contributed by atoms with Gasteiger partial charge in [0.2, 0.25) is 0 Å². The van der Waals surface area contributed by atoms with Crippen LogP contribution in [0.3, 0.4) is 0 Å². The minimum atomic E-state index is 0.265. The van der Waals surface area contributed by atoms with E-state index in [-0.39, 0.29) is 5.92 Å². The molecule has 0 atom stereocenters. The van der Waals surface area contributed by atoms with Gasteiger partial charge in [-0.25, -0.2) is 0 Å². The van der Waals surface area contributed by atoms with E-state index >= 15 is 0 Å². The first-order valence-corrected chi connectivity index (χ1v) is 3.73. The Morgan fingerprint density at radius 1 is 1.36 bits per heavy atom. The van der Waals surface area contributed by atoms with E-state index in [0.29, 0.717) is 5.71 Å². The standard InChI is InChI=1S/C9H15NO/c1-4-5-6-7-9(10-11)8(2)3/h4-8,11H,1-3H3/b5-4-,7-6-,10-9-. The number of rotatable bonds is 3. The highest BCUT2D eigenvalue weighted by molar-refractivity contribution is 5.96. The van der Waals surface area contributed by atoms with Crippen molar-refractivity contribution in [3.8, 4) is 0 Å². The summed E-state index contributed by atoms with van der Waals surface area (Å²) in [5.74, 6) is 0.265. The van der Waals surface area contributed by atoms with Crippen LogP contribution >= 0.6 is 0 Å². The van der Waals surface area contributed by atoms with Gasteiger partial charge in [-0.15, -0.1) is 0 Å². The van der Waals surface area contributed by atoms with Crippen molar-refractivity contribution in [2.24, 2.45) is 11.1 Å². The predicted molar refractivity (Wildman–Crippen MR) is 48.0 cm³/mol. The van der Waals surface area contributed by atoms with Gasteiger partial charge in [0.15, 0.2) is 0 Å². The van der Waals surface area contributed by atoms with Gasteiger partial charge in [-0.3, -0.25) is 0 Å². The van der Waals surface area contributed by atoms with E-state index in [9.17, 15) is 0 Å². The molecule has 0 aliphatic carbocycles. The van der Waals surface area contributed by atoms with Crippen molar-refractivity contribution in [3.63, 3.8) is 0 Å². The molecule has 62 valence electrons. The zero-order chi connectivity index (χ0) is 8.69. The van der Waals surface area contributed by atoms with Crippen LogP contribution in [-0.4, -0.2) is 10.9 Å². The molecule has 0 radical (unpaired) electrons. The lowest BCUT2D eigenvalue weighted by Crippen LogP contribution is -2.02. The van der Waals surface area contributed by atoms with Crippen molar-refractivity contribution in [3.05, 3.63) is 24.3 Å². The summed E-state index contributed by atoms with van der Waals surface area (Å²) in [6.07, 6.45) is 7.47. The maximum atomic E-state index is 8.51. The van der Waals surface area contributed by atoms with Gasteiger partial charge in [-0.1, -0.05) is 37.2 Å². The van der Waals surface area contributed by atoms with Crippen molar-refractivity contribution >= 4 is 5.71 Å². The summed E-state index contributed by atoms with van der Waals surface area (Å²) in [6.45, 7) is 5.90. The average Bonchev–Trinajstić information content (AvgIpc) is 1.97. The smallest absolute Gasteiger partial charge is 0.0821 e. The summed E-state index contributed by atoms with van der Waals surface area (Å²) in [4.78, 5) is 0. The molecule has 0 aliphatic rings. The minimum Gasteiger partial charge on any atom is -0.411 e. The number of hydrogen-bond acceptors (Lipinski definition) is 2. The molecule has 0 unspecified atom stereocenters. The molecule has 0 bridgehead atoms. The number of allylic oxidation sites excluding steroid dienone is 4. The van der Waals surface area contributed by atoms with Crippen LogP contribution in [0.5, 0.6) is 0 Å². The predicted octanol–water partition coefficient (Wildman–Crippen LogP) is 2.60. The Bertz CT molecular complexity index is 178. The Balaban J connectivity index is 4.10. The lowest BCUT2D eigenvalue weighted by Gasteiger charge is -1.99. The topological polar surface area (TPSA) is 32.6 Å². The highest BCUT2D eigenvalue weighted by Crippen LogP contribution is 1.98. The first kappa shape index (κ1) is 9.95. The average molecular weight is 153 g/mol. The third kappa shape index (κ3) is 4.37. The quantitative estimate of drug-likeness (QED) is 0.287. The number of nitrogens with zero attached hydrogens (tertiary/aromatic N) is 1. The van der Waals surface area contributed by atoms with Crippen LogP contribution in [0.1, 0.15) is 20.8 Å². The normalized spacial score (nSPS) is 14.0. The lowest BCUT2D eigenvalue weighted by molar-refractivity contribution is 0.316. The van der Waals surface area contributed by atoms with Crippen LogP contribution in [0.4, 0.5) is 0 Å². The van der Waals surface area contributed by atoms with Crippen LogP contribution < -0.4 is 0 Å². The SMILES string of the molecule is C\C=C/C=C\C(=N\O)C(C)C. The van der Waals surface area contributed by atoms with Gasteiger partial charge < -0.3 is 5.21 Å². The summed E-state index contributed by atoms with van der Waals surface area (Å²) in [7, 11) is 0. The van der Waals surface area contributed by atoms with Gasteiger partial charge in [0.25, 0.3) is 0 Å². The van der Waals surface area contributed by atoms with E-state index in [1.54, 1.807) is 6.08 Å². The van der Waals surface area contributed by atoms with Crippen molar-refractivity contribution in [2.75, 3.05) is 0 Å². The van der Waals surface area contributed by atoms with Crippen molar-refractivity contribution in [1.82, 2.24) is 0 Å². The Morgan fingerprint density at radius 2 is 2.00 bits per heavy atom. The second-order valence-electron chi connectivity index (χ2n) is 2.56. The molecule has 0 aromatic heterocycles. The lowest BCUT2D eigenvalue weighted by atomic mass is 10.1. The van der Waals surface area contributed by atoms with Crippen LogP contribution in [-0.2, 0) is 0 Å². The van der Waals surface area contributed by atoms with Crippen molar-refractivity contribution in [2.45, 2.75) is 20.8 Å². The summed E-state index contributed by atoms with van der Waals surface area (Å²) >= 11 is 0. The van der Waals surface area contributed by atoms with E-state index in [1.807, 2.05) is 39.0 Å². The van der Waals surface area contributed by atoms with E-state index in [0.717, 1.165) is 0 Å². The molecule has 0 heterocycles. The fourth-order valence-electron chi connectivity index (χ4n) is 0.607. The molecule has 2 heteroatoms. The molecule has 1 N–H and O–H groups in total. The van der Waals surface area contributed by atoms with E-state index < -0.39 is 0 Å². The summed E-state index contributed by atoms with van der Waals surface area (Å²) < 4.78 is 0. The van der Waals surface area contributed by atoms with Crippen LogP contribution in [0.25, 0.3) is 0 Å². The van der Waals surface area contributed by atoms with Crippen LogP contribution in [0, 0.1) is 5.92 Å². The fourth-order valence-corrected chi connectivity index (χ4v) is 0.607. The molecule has 11 heavy (non-hydrogen) atoms. The molecule has 0 spiro atoms. The maximum absolute atomic E-state index is 8.51. The highest BCUT2D eigenvalue weighted by Gasteiger charge is 1.98. The van der Waals surface area contributed by atoms with Crippen LogP contribution in [0.2, 0.25) is 0 Å². The second kappa shape index (κ2) is 5.71. The van der Waals surface area contributed by atoms with E-state index in [1.165, 1.54) is 0 Å². The Kier molecular flexibility index (Phi) is 5.17. The number of hydrogen-bond donors (Lipinski definition) is 1. The van der Waals surface area contributed by atoms with E-state index in [2.05, 4.69) is 5.16 Å². The minimum absolute atomic E-state index is 0.265. The van der Waals surface area contributed by atoms with Crippen molar-refractivity contribution in [1.29, 1.82) is 0 Å². The van der Waals surface area contributed by atoms with Gasteiger partial charge >= 0.3 is 0 Å². The zero-order valence-corrected chi connectivity index (χ0v) is 7.28. The highest BCUT2D eigenvalue weighted by atomic mass is 16.4. The summed E-state index contributed by atoms with van der Waals surface area (Å²) in [5, 5.41) is 11.7. The largest absolute Gasteiger partial charge is 0.411 e.